The van der Waals surface area contributed by atoms with Crippen molar-refractivity contribution in [3.05, 3.63) is 25.3 Å². The highest BCUT2D eigenvalue weighted by molar-refractivity contribution is 5.87. The Hall–Kier alpha value is -2.19. The predicted octanol–water partition coefficient (Wildman–Crippen LogP) is 4.16. The summed E-state index contributed by atoms with van der Waals surface area (Å²) in [5.41, 5.74) is -0.271. The Balaban J connectivity index is 4.80. The van der Waals surface area contributed by atoms with E-state index in [4.69, 9.17) is 4.74 Å². The number of ether oxygens (including phenoxy) is 1. The van der Waals surface area contributed by atoms with Gasteiger partial charge in [-0.25, -0.2) is 0 Å². The van der Waals surface area contributed by atoms with Gasteiger partial charge in [-0.1, -0.05) is 58.6 Å². The topological polar surface area (TPSA) is 109 Å². The Morgan fingerprint density at radius 3 is 1.81 bits per heavy atom. The minimum absolute atomic E-state index is 0.0995. The maximum atomic E-state index is 12.4. The molecule has 0 aromatic heterocycles. The quantitative estimate of drug-likeness (QED) is 0.101. The molecule has 1 unspecified atom stereocenters. The lowest BCUT2D eigenvalue weighted by Crippen LogP contribution is -2.48. The smallest absolute Gasteiger partial charge is 0.243 e. The lowest BCUT2D eigenvalue weighted by atomic mass is 9.82. The van der Waals surface area contributed by atoms with Crippen molar-refractivity contribution >= 4 is 17.7 Å². The SMILES string of the molecule is C=CC(=O)NCCCCCCC(CCCCCCNC(=O)CC)(CCCOCCCNC)NC(=O)C=C. The summed E-state index contributed by atoms with van der Waals surface area (Å²) in [4.78, 5) is 35.1. The van der Waals surface area contributed by atoms with Crippen LogP contribution < -0.4 is 21.3 Å². The second-order valence-corrected chi connectivity index (χ2v) is 9.67. The van der Waals surface area contributed by atoms with Crippen molar-refractivity contribution in [2.24, 2.45) is 0 Å². The third-order valence-corrected chi connectivity index (χ3v) is 6.53. The van der Waals surface area contributed by atoms with Crippen LogP contribution in [0.4, 0.5) is 0 Å². The van der Waals surface area contributed by atoms with Crippen molar-refractivity contribution in [1.82, 2.24) is 21.3 Å². The Bertz CT molecular complexity index is 641. The lowest BCUT2D eigenvalue weighted by molar-refractivity contribution is -0.121. The van der Waals surface area contributed by atoms with E-state index in [9.17, 15) is 14.4 Å². The minimum Gasteiger partial charge on any atom is -0.381 e. The molecule has 0 radical (unpaired) electrons. The monoisotopic (exact) mass is 522 g/mol. The molecule has 37 heavy (non-hydrogen) atoms. The van der Waals surface area contributed by atoms with E-state index >= 15 is 0 Å². The van der Waals surface area contributed by atoms with Crippen LogP contribution in [0.5, 0.6) is 0 Å². The summed E-state index contributed by atoms with van der Waals surface area (Å²) in [7, 11) is 1.94. The third-order valence-electron chi connectivity index (χ3n) is 6.53. The summed E-state index contributed by atoms with van der Waals surface area (Å²) in [6, 6.07) is 0. The molecule has 0 aliphatic carbocycles. The zero-order valence-corrected chi connectivity index (χ0v) is 23.6. The van der Waals surface area contributed by atoms with Gasteiger partial charge < -0.3 is 26.0 Å². The largest absolute Gasteiger partial charge is 0.381 e. The van der Waals surface area contributed by atoms with Crippen LogP contribution in [0, 0.1) is 0 Å². The maximum Gasteiger partial charge on any atom is 0.243 e. The predicted molar refractivity (Wildman–Crippen MR) is 152 cm³/mol. The number of hydrogen-bond acceptors (Lipinski definition) is 5. The lowest BCUT2D eigenvalue weighted by Gasteiger charge is -2.35. The van der Waals surface area contributed by atoms with Crippen LogP contribution in [0.2, 0.25) is 0 Å². The average Bonchev–Trinajstić information content (AvgIpc) is 2.90. The van der Waals surface area contributed by atoms with Crippen LogP contribution in [-0.2, 0) is 19.1 Å². The molecule has 0 aromatic carbocycles. The Labute approximate surface area is 225 Å². The second kappa shape index (κ2) is 24.2. The van der Waals surface area contributed by atoms with Crippen molar-refractivity contribution in [2.75, 3.05) is 39.9 Å². The zero-order valence-electron chi connectivity index (χ0n) is 23.6. The molecule has 0 fully saturated rings. The van der Waals surface area contributed by atoms with E-state index < -0.39 is 0 Å². The van der Waals surface area contributed by atoms with Crippen molar-refractivity contribution in [1.29, 1.82) is 0 Å². The molecule has 8 heteroatoms. The van der Waals surface area contributed by atoms with Gasteiger partial charge in [-0.3, -0.25) is 14.4 Å². The summed E-state index contributed by atoms with van der Waals surface area (Å²) >= 11 is 0. The number of carbonyl (C=O) groups is 3. The normalized spacial score (nSPS) is 12.4. The fraction of sp³-hybridized carbons (Fsp3) is 0.759. The molecule has 0 spiro atoms. The van der Waals surface area contributed by atoms with Crippen LogP contribution in [0.25, 0.3) is 0 Å². The molecule has 8 nitrogen and oxygen atoms in total. The van der Waals surface area contributed by atoms with Gasteiger partial charge in [-0.05, 0) is 70.7 Å². The maximum absolute atomic E-state index is 12.4. The van der Waals surface area contributed by atoms with Gasteiger partial charge in [0.25, 0.3) is 0 Å². The molecule has 0 heterocycles. The van der Waals surface area contributed by atoms with Crippen LogP contribution >= 0.6 is 0 Å². The van der Waals surface area contributed by atoms with Gasteiger partial charge in [-0.15, -0.1) is 0 Å². The molecule has 0 bridgehead atoms. The minimum atomic E-state index is -0.271. The third kappa shape index (κ3) is 20.5. The summed E-state index contributed by atoms with van der Waals surface area (Å²) in [6.07, 6.45) is 15.9. The van der Waals surface area contributed by atoms with E-state index in [2.05, 4.69) is 34.4 Å². The summed E-state index contributed by atoms with van der Waals surface area (Å²) in [5, 5.41) is 12.2. The van der Waals surface area contributed by atoms with Crippen molar-refractivity contribution in [3.63, 3.8) is 0 Å². The number of rotatable bonds is 26. The highest BCUT2D eigenvalue weighted by atomic mass is 16.5. The van der Waals surface area contributed by atoms with Gasteiger partial charge in [-0.2, -0.15) is 0 Å². The van der Waals surface area contributed by atoms with E-state index in [0.29, 0.717) is 19.6 Å². The average molecular weight is 523 g/mol. The van der Waals surface area contributed by atoms with Crippen LogP contribution in [0.3, 0.4) is 0 Å². The van der Waals surface area contributed by atoms with Gasteiger partial charge in [0.15, 0.2) is 0 Å². The molecule has 0 aromatic rings. The van der Waals surface area contributed by atoms with Crippen molar-refractivity contribution in [2.45, 2.75) is 102 Å². The zero-order chi connectivity index (χ0) is 27.6. The van der Waals surface area contributed by atoms with E-state index in [1.807, 2.05) is 14.0 Å². The highest BCUT2D eigenvalue weighted by Crippen LogP contribution is 2.28. The molecular formula is C29H54N4O4. The first-order valence-corrected chi connectivity index (χ1v) is 14.3. The van der Waals surface area contributed by atoms with Crippen LogP contribution in [0.1, 0.15) is 96.8 Å². The van der Waals surface area contributed by atoms with Gasteiger partial charge in [0.05, 0.1) is 0 Å². The van der Waals surface area contributed by atoms with E-state index in [1.54, 1.807) is 0 Å². The summed E-state index contributed by atoms with van der Waals surface area (Å²) in [6.45, 7) is 12.8. The number of hydrogen-bond donors (Lipinski definition) is 4. The molecule has 0 rings (SSSR count). The first kappa shape index (κ1) is 34.8. The first-order valence-electron chi connectivity index (χ1n) is 14.3. The Kier molecular flexibility index (Phi) is 22.7. The van der Waals surface area contributed by atoms with Gasteiger partial charge in [0.2, 0.25) is 17.7 Å². The second-order valence-electron chi connectivity index (χ2n) is 9.67. The number of nitrogens with one attached hydrogen (secondary N) is 4. The molecule has 1 atom stereocenters. The molecule has 214 valence electrons. The molecule has 4 N–H and O–H groups in total. The molecule has 0 aliphatic heterocycles. The summed E-state index contributed by atoms with van der Waals surface area (Å²) in [5.74, 6) is -0.154. The fourth-order valence-electron chi connectivity index (χ4n) is 4.36. The van der Waals surface area contributed by atoms with Crippen LogP contribution in [0.15, 0.2) is 25.3 Å². The van der Waals surface area contributed by atoms with E-state index in [0.717, 1.165) is 103 Å². The highest BCUT2D eigenvalue weighted by Gasteiger charge is 2.30. The standard InChI is InChI=1S/C29H54N4O4/c1-5-26(34)31-22-14-10-8-12-18-29(33-28(36)7-3,20-16-24-37-25-17-21-30-4)19-13-9-11-15-23-32-27(35)6-2/h5,7,30H,1,3,6,8-25H2,2,4H3,(H,31,34)(H,32,35)(H,33,36). The Morgan fingerprint density at radius 1 is 0.703 bits per heavy atom. The fourth-order valence-corrected chi connectivity index (χ4v) is 4.36. The van der Waals surface area contributed by atoms with Crippen molar-refractivity contribution in [3.8, 4) is 0 Å². The molecule has 0 saturated heterocycles. The van der Waals surface area contributed by atoms with Gasteiger partial charge >= 0.3 is 0 Å². The molecular weight excluding hydrogens is 468 g/mol. The molecule has 3 amide bonds. The van der Waals surface area contributed by atoms with Crippen molar-refractivity contribution < 1.29 is 19.1 Å². The van der Waals surface area contributed by atoms with Gasteiger partial charge in [0.1, 0.15) is 0 Å². The number of unbranched alkanes of at least 4 members (excludes halogenated alkanes) is 6. The Morgan fingerprint density at radius 2 is 1.24 bits per heavy atom. The van der Waals surface area contributed by atoms with E-state index in [1.165, 1.54) is 12.2 Å². The first-order chi connectivity index (χ1) is 17.9. The van der Waals surface area contributed by atoms with Crippen LogP contribution in [-0.4, -0.2) is 63.2 Å². The van der Waals surface area contributed by atoms with E-state index in [-0.39, 0.29) is 23.3 Å². The summed E-state index contributed by atoms with van der Waals surface area (Å²) < 4.78 is 5.81. The molecule has 0 aliphatic rings. The number of carbonyl (C=O) groups excluding carboxylic acids is 3. The van der Waals surface area contributed by atoms with Gasteiger partial charge in [0, 0.05) is 38.3 Å². The molecule has 0 saturated carbocycles. The number of amides is 3.